The molecule has 4 heteroatoms. The molecule has 1 heterocycles. The number of benzene rings is 1. The third-order valence-electron chi connectivity index (χ3n) is 3.61. The molecule has 0 saturated carbocycles. The highest BCUT2D eigenvalue weighted by Crippen LogP contribution is 2.23. The maximum atomic E-state index is 11.9. The number of nitrogens with two attached hydrogens (primary N) is 1. The van der Waals surface area contributed by atoms with Crippen LogP contribution >= 0.6 is 11.8 Å². The van der Waals surface area contributed by atoms with Crippen molar-refractivity contribution in [3.05, 3.63) is 29.8 Å². The minimum absolute atomic E-state index is 0.154. The van der Waals surface area contributed by atoms with Crippen molar-refractivity contribution in [2.24, 2.45) is 5.92 Å². The summed E-state index contributed by atoms with van der Waals surface area (Å²) in [6, 6.07) is 7.78. The summed E-state index contributed by atoms with van der Waals surface area (Å²) in [5.74, 6) is 3.48. The first-order valence-corrected chi connectivity index (χ1v) is 8.00. The van der Waals surface area contributed by atoms with Gasteiger partial charge in [0, 0.05) is 18.7 Å². The number of anilines is 1. The average Bonchev–Trinajstić information content (AvgIpc) is 2.90. The van der Waals surface area contributed by atoms with Crippen molar-refractivity contribution in [1.82, 2.24) is 5.32 Å². The number of carbonyl (C=O) groups excluding carboxylic acids is 1. The second kappa shape index (κ2) is 6.85. The lowest BCUT2D eigenvalue weighted by Gasteiger charge is -2.14. The Balaban J connectivity index is 1.76. The molecule has 2 rings (SSSR count). The molecule has 0 aliphatic carbocycles. The van der Waals surface area contributed by atoms with Gasteiger partial charge in [0.15, 0.2) is 0 Å². The van der Waals surface area contributed by atoms with Gasteiger partial charge in [-0.1, -0.05) is 19.1 Å². The zero-order valence-corrected chi connectivity index (χ0v) is 12.2. The highest BCUT2D eigenvalue weighted by Gasteiger charge is 2.17. The summed E-state index contributed by atoms with van der Waals surface area (Å²) in [5, 5.41) is 3.06. The first kappa shape index (κ1) is 14.3. The highest BCUT2D eigenvalue weighted by atomic mass is 32.2. The fourth-order valence-electron chi connectivity index (χ4n) is 2.30. The fourth-order valence-corrected chi connectivity index (χ4v) is 3.58. The predicted octanol–water partition coefficient (Wildman–Crippen LogP) is 2.63. The molecule has 1 aromatic rings. The van der Waals surface area contributed by atoms with Gasteiger partial charge in [-0.15, -0.1) is 0 Å². The van der Waals surface area contributed by atoms with E-state index in [0.29, 0.717) is 12.3 Å². The van der Waals surface area contributed by atoms with Gasteiger partial charge < -0.3 is 11.1 Å². The first-order chi connectivity index (χ1) is 9.15. The molecule has 1 amide bonds. The van der Waals surface area contributed by atoms with Gasteiger partial charge in [0.2, 0.25) is 5.91 Å². The molecule has 0 radical (unpaired) electrons. The number of hydrogen-bond acceptors (Lipinski definition) is 3. The van der Waals surface area contributed by atoms with E-state index in [0.717, 1.165) is 12.2 Å². The van der Waals surface area contributed by atoms with Crippen LogP contribution in [0.25, 0.3) is 0 Å². The van der Waals surface area contributed by atoms with E-state index in [4.69, 9.17) is 5.73 Å². The summed E-state index contributed by atoms with van der Waals surface area (Å²) in [6.07, 6.45) is 1.78. The number of rotatable bonds is 5. The van der Waals surface area contributed by atoms with Gasteiger partial charge in [-0.2, -0.15) is 11.8 Å². The topological polar surface area (TPSA) is 55.1 Å². The van der Waals surface area contributed by atoms with E-state index >= 15 is 0 Å². The number of hydrogen-bond donors (Lipinski definition) is 2. The summed E-state index contributed by atoms with van der Waals surface area (Å²) in [6.45, 7) is 2.91. The van der Waals surface area contributed by atoms with Crippen molar-refractivity contribution in [2.75, 3.05) is 23.8 Å². The molecule has 1 aliphatic rings. The zero-order valence-electron chi connectivity index (χ0n) is 11.4. The summed E-state index contributed by atoms with van der Waals surface area (Å²) in [4.78, 5) is 11.9. The summed E-state index contributed by atoms with van der Waals surface area (Å²) in [5.41, 5.74) is 7.59. The van der Waals surface area contributed by atoms with Crippen molar-refractivity contribution in [3.8, 4) is 0 Å². The molecular formula is C15H22N2OS. The van der Waals surface area contributed by atoms with Crippen LogP contribution in [0.4, 0.5) is 5.69 Å². The third kappa shape index (κ3) is 4.46. The quantitative estimate of drug-likeness (QED) is 0.814. The normalized spacial score (nSPS) is 20.2. The lowest BCUT2D eigenvalue weighted by molar-refractivity contribution is -0.121. The Morgan fingerprint density at radius 3 is 2.84 bits per heavy atom. The summed E-state index contributed by atoms with van der Waals surface area (Å²) >= 11 is 1.98. The monoisotopic (exact) mass is 278 g/mol. The van der Waals surface area contributed by atoms with Crippen LogP contribution in [0.5, 0.6) is 0 Å². The van der Waals surface area contributed by atoms with E-state index in [1.807, 2.05) is 36.0 Å². The Morgan fingerprint density at radius 1 is 1.47 bits per heavy atom. The Hall–Kier alpha value is -1.16. The Bertz CT molecular complexity index is 413. The van der Waals surface area contributed by atoms with Crippen LogP contribution in [0, 0.1) is 5.92 Å². The van der Waals surface area contributed by atoms with E-state index in [2.05, 4.69) is 12.2 Å². The van der Waals surface area contributed by atoms with Gasteiger partial charge in [0.25, 0.3) is 0 Å². The van der Waals surface area contributed by atoms with Gasteiger partial charge in [0.05, 0.1) is 0 Å². The molecule has 0 aromatic heterocycles. The Morgan fingerprint density at radius 2 is 2.21 bits per heavy atom. The smallest absolute Gasteiger partial charge is 0.220 e. The van der Waals surface area contributed by atoms with Crippen LogP contribution in [0.1, 0.15) is 31.2 Å². The minimum atomic E-state index is 0.154. The second-order valence-corrected chi connectivity index (χ2v) is 6.46. The Kier molecular flexibility index (Phi) is 5.14. The number of nitrogens with one attached hydrogen (secondary N) is 1. The molecule has 2 atom stereocenters. The van der Waals surface area contributed by atoms with Crippen molar-refractivity contribution >= 4 is 23.4 Å². The molecule has 104 valence electrons. The summed E-state index contributed by atoms with van der Waals surface area (Å²) in [7, 11) is 0. The van der Waals surface area contributed by atoms with Crippen LogP contribution in [-0.4, -0.2) is 24.0 Å². The SMILES string of the molecule is CC(CC(=O)NCC1CCSC1)c1ccc(N)cc1. The number of thioether (sulfide) groups is 1. The first-order valence-electron chi connectivity index (χ1n) is 6.85. The average molecular weight is 278 g/mol. The molecule has 1 aromatic carbocycles. The van der Waals surface area contributed by atoms with Crippen LogP contribution in [0.2, 0.25) is 0 Å². The number of carbonyl (C=O) groups is 1. The molecule has 1 aliphatic heterocycles. The molecule has 2 unspecified atom stereocenters. The maximum Gasteiger partial charge on any atom is 0.220 e. The second-order valence-electron chi connectivity index (χ2n) is 5.31. The van der Waals surface area contributed by atoms with Crippen LogP contribution in [-0.2, 0) is 4.79 Å². The van der Waals surface area contributed by atoms with Crippen LogP contribution < -0.4 is 11.1 Å². The molecular weight excluding hydrogens is 256 g/mol. The standard InChI is InChI=1S/C15H22N2OS/c1-11(13-2-4-14(16)5-3-13)8-15(18)17-9-12-6-7-19-10-12/h2-5,11-12H,6-10,16H2,1H3,(H,17,18). The molecule has 1 saturated heterocycles. The van der Waals surface area contributed by atoms with Gasteiger partial charge in [-0.3, -0.25) is 4.79 Å². The highest BCUT2D eigenvalue weighted by molar-refractivity contribution is 7.99. The van der Waals surface area contributed by atoms with Crippen molar-refractivity contribution in [1.29, 1.82) is 0 Å². The van der Waals surface area contributed by atoms with Crippen LogP contribution in [0.3, 0.4) is 0 Å². The third-order valence-corrected chi connectivity index (χ3v) is 4.84. The van der Waals surface area contributed by atoms with E-state index in [1.165, 1.54) is 23.5 Å². The van der Waals surface area contributed by atoms with Crippen molar-refractivity contribution in [3.63, 3.8) is 0 Å². The Labute approximate surface area is 119 Å². The maximum absolute atomic E-state index is 11.9. The van der Waals surface area contributed by atoms with Crippen LogP contribution in [0.15, 0.2) is 24.3 Å². The van der Waals surface area contributed by atoms with E-state index in [-0.39, 0.29) is 11.8 Å². The van der Waals surface area contributed by atoms with Crippen molar-refractivity contribution < 1.29 is 4.79 Å². The zero-order chi connectivity index (χ0) is 13.7. The van der Waals surface area contributed by atoms with Gasteiger partial charge in [-0.25, -0.2) is 0 Å². The molecule has 3 nitrogen and oxygen atoms in total. The van der Waals surface area contributed by atoms with E-state index < -0.39 is 0 Å². The largest absolute Gasteiger partial charge is 0.399 e. The molecule has 1 fully saturated rings. The molecule has 19 heavy (non-hydrogen) atoms. The summed E-state index contributed by atoms with van der Waals surface area (Å²) < 4.78 is 0. The number of nitrogen functional groups attached to an aromatic ring is 1. The molecule has 0 bridgehead atoms. The van der Waals surface area contributed by atoms with Gasteiger partial charge in [-0.05, 0) is 47.5 Å². The lowest BCUT2D eigenvalue weighted by Crippen LogP contribution is -2.30. The lowest BCUT2D eigenvalue weighted by atomic mass is 9.97. The van der Waals surface area contributed by atoms with E-state index in [9.17, 15) is 4.79 Å². The van der Waals surface area contributed by atoms with E-state index in [1.54, 1.807) is 0 Å². The number of amides is 1. The minimum Gasteiger partial charge on any atom is -0.399 e. The van der Waals surface area contributed by atoms with Crippen molar-refractivity contribution in [2.45, 2.75) is 25.7 Å². The molecule has 0 spiro atoms. The van der Waals surface area contributed by atoms with Gasteiger partial charge in [0.1, 0.15) is 0 Å². The molecule has 3 N–H and O–H groups in total. The fraction of sp³-hybridized carbons (Fsp3) is 0.533. The predicted molar refractivity (Wildman–Crippen MR) is 82.3 cm³/mol. The van der Waals surface area contributed by atoms with Gasteiger partial charge >= 0.3 is 0 Å².